The molecule has 2 aromatic carbocycles. The van der Waals surface area contributed by atoms with Gasteiger partial charge in [-0.1, -0.05) is 12.1 Å². The van der Waals surface area contributed by atoms with Gasteiger partial charge in [0, 0.05) is 19.0 Å². The predicted octanol–water partition coefficient (Wildman–Crippen LogP) is 3.25. The normalized spacial score (nSPS) is 14.7. The zero-order valence-electron chi connectivity index (χ0n) is 16.5. The second-order valence-electron chi connectivity index (χ2n) is 7.04. The van der Waals surface area contributed by atoms with Crippen molar-refractivity contribution in [1.82, 2.24) is 10.3 Å². The maximum atomic E-state index is 12.4. The Hall–Kier alpha value is -3.22. The number of benzene rings is 2. The Morgan fingerprint density at radius 3 is 2.59 bits per heavy atom. The molecule has 1 saturated heterocycles. The number of para-hydroxylation sites is 2. The monoisotopic (exact) mass is 395 g/mol. The van der Waals surface area contributed by atoms with Gasteiger partial charge in [-0.3, -0.25) is 4.79 Å². The van der Waals surface area contributed by atoms with Crippen molar-refractivity contribution < 1.29 is 18.7 Å². The molecule has 0 radical (unpaired) electrons. The Morgan fingerprint density at radius 1 is 1.14 bits per heavy atom. The lowest BCUT2D eigenvalue weighted by Crippen LogP contribution is -2.41. The second kappa shape index (κ2) is 8.86. The fraction of sp³-hybridized carbons (Fsp3) is 0.364. The van der Waals surface area contributed by atoms with Crippen LogP contribution in [0.2, 0.25) is 0 Å². The minimum absolute atomic E-state index is 0.0108. The largest absolute Gasteiger partial charge is 0.497 e. The van der Waals surface area contributed by atoms with Crippen molar-refractivity contribution in [2.24, 2.45) is 5.92 Å². The first-order valence-corrected chi connectivity index (χ1v) is 9.88. The Labute approximate surface area is 169 Å². The SMILES string of the molecule is COc1ccc(OCCNC(=O)C2CCN(c3nc4ccccc4o3)CC2)cc1. The molecule has 0 atom stereocenters. The highest BCUT2D eigenvalue weighted by atomic mass is 16.5. The van der Waals surface area contributed by atoms with Gasteiger partial charge in [-0.05, 0) is 49.2 Å². The molecule has 0 saturated carbocycles. The van der Waals surface area contributed by atoms with Gasteiger partial charge in [0.1, 0.15) is 23.6 Å². The number of fused-ring (bicyclic) bond motifs is 1. The van der Waals surface area contributed by atoms with E-state index in [1.54, 1.807) is 7.11 Å². The molecule has 1 aromatic heterocycles. The van der Waals surface area contributed by atoms with Crippen LogP contribution in [0, 0.1) is 5.92 Å². The molecule has 29 heavy (non-hydrogen) atoms. The molecule has 1 N–H and O–H groups in total. The Bertz CT molecular complexity index is 913. The number of methoxy groups -OCH3 is 1. The Kier molecular flexibility index (Phi) is 5.84. The van der Waals surface area contributed by atoms with Crippen LogP contribution in [0.25, 0.3) is 11.1 Å². The van der Waals surface area contributed by atoms with Crippen LogP contribution in [0.3, 0.4) is 0 Å². The number of carbonyl (C=O) groups excluding carboxylic acids is 1. The topological polar surface area (TPSA) is 76.8 Å². The standard InChI is InChI=1S/C22H25N3O4/c1-27-17-6-8-18(9-7-17)28-15-12-23-21(26)16-10-13-25(14-11-16)22-24-19-4-2-3-5-20(19)29-22/h2-9,16H,10-15H2,1H3,(H,23,26). The molecule has 2 heterocycles. The quantitative estimate of drug-likeness (QED) is 0.619. The van der Waals surface area contributed by atoms with Crippen LogP contribution in [-0.2, 0) is 4.79 Å². The van der Waals surface area contributed by atoms with E-state index in [0.717, 1.165) is 48.5 Å². The predicted molar refractivity (Wildman–Crippen MR) is 110 cm³/mol. The van der Waals surface area contributed by atoms with Crippen molar-refractivity contribution in [1.29, 1.82) is 0 Å². The molecule has 0 aliphatic carbocycles. The fourth-order valence-electron chi connectivity index (χ4n) is 3.49. The first kappa shape index (κ1) is 19.1. The van der Waals surface area contributed by atoms with Gasteiger partial charge in [0.25, 0.3) is 6.01 Å². The molecule has 1 fully saturated rings. The van der Waals surface area contributed by atoms with Crippen molar-refractivity contribution in [3.8, 4) is 11.5 Å². The van der Waals surface area contributed by atoms with E-state index in [2.05, 4.69) is 15.2 Å². The maximum absolute atomic E-state index is 12.4. The number of aromatic nitrogens is 1. The molecule has 7 nitrogen and oxygen atoms in total. The molecule has 0 spiro atoms. The average molecular weight is 395 g/mol. The van der Waals surface area contributed by atoms with Crippen molar-refractivity contribution in [3.63, 3.8) is 0 Å². The van der Waals surface area contributed by atoms with Crippen LogP contribution in [0.15, 0.2) is 52.9 Å². The summed E-state index contributed by atoms with van der Waals surface area (Å²) in [6.07, 6.45) is 1.56. The van der Waals surface area contributed by atoms with Crippen LogP contribution in [0.1, 0.15) is 12.8 Å². The minimum Gasteiger partial charge on any atom is -0.497 e. The minimum atomic E-state index is 0.0108. The number of anilines is 1. The lowest BCUT2D eigenvalue weighted by Gasteiger charge is -2.30. The molecule has 0 bridgehead atoms. The number of piperidine rings is 1. The molecule has 1 aliphatic heterocycles. The molecule has 1 amide bonds. The van der Waals surface area contributed by atoms with Gasteiger partial charge in [0.15, 0.2) is 5.58 Å². The van der Waals surface area contributed by atoms with Crippen molar-refractivity contribution in [2.45, 2.75) is 12.8 Å². The Balaban J connectivity index is 1.19. The number of nitrogens with zero attached hydrogens (tertiary/aromatic N) is 2. The number of hydrogen-bond donors (Lipinski definition) is 1. The Morgan fingerprint density at radius 2 is 1.86 bits per heavy atom. The number of carbonyl (C=O) groups is 1. The molecule has 3 aromatic rings. The summed E-state index contributed by atoms with van der Waals surface area (Å²) in [5.41, 5.74) is 1.65. The van der Waals surface area contributed by atoms with Gasteiger partial charge in [-0.25, -0.2) is 0 Å². The summed E-state index contributed by atoms with van der Waals surface area (Å²) in [6.45, 7) is 2.43. The summed E-state index contributed by atoms with van der Waals surface area (Å²) < 4.78 is 16.6. The van der Waals surface area contributed by atoms with Gasteiger partial charge in [-0.15, -0.1) is 0 Å². The van der Waals surface area contributed by atoms with Crippen molar-refractivity contribution >= 4 is 23.0 Å². The summed E-state index contributed by atoms with van der Waals surface area (Å²) >= 11 is 0. The van der Waals surface area contributed by atoms with E-state index in [0.29, 0.717) is 19.2 Å². The summed E-state index contributed by atoms with van der Waals surface area (Å²) in [7, 11) is 1.63. The fourth-order valence-corrected chi connectivity index (χ4v) is 3.49. The van der Waals surface area contributed by atoms with Crippen LogP contribution in [0.4, 0.5) is 6.01 Å². The number of oxazole rings is 1. The highest BCUT2D eigenvalue weighted by Crippen LogP contribution is 2.26. The van der Waals surface area contributed by atoms with E-state index in [9.17, 15) is 4.79 Å². The van der Waals surface area contributed by atoms with Gasteiger partial charge in [0.2, 0.25) is 5.91 Å². The molecular formula is C22H25N3O4. The smallest absolute Gasteiger partial charge is 0.298 e. The second-order valence-corrected chi connectivity index (χ2v) is 7.04. The average Bonchev–Trinajstić information content (AvgIpc) is 3.21. The number of hydrogen-bond acceptors (Lipinski definition) is 6. The van der Waals surface area contributed by atoms with Gasteiger partial charge in [-0.2, -0.15) is 4.98 Å². The van der Waals surface area contributed by atoms with Crippen molar-refractivity contribution in [2.75, 3.05) is 38.3 Å². The first-order valence-electron chi connectivity index (χ1n) is 9.88. The van der Waals surface area contributed by atoms with Crippen LogP contribution >= 0.6 is 0 Å². The summed E-state index contributed by atoms with van der Waals surface area (Å²) in [5.74, 6) is 1.64. The van der Waals surface area contributed by atoms with Gasteiger partial charge < -0.3 is 24.1 Å². The summed E-state index contributed by atoms with van der Waals surface area (Å²) in [5, 5.41) is 2.98. The van der Waals surface area contributed by atoms with E-state index in [4.69, 9.17) is 13.9 Å². The molecule has 4 rings (SSSR count). The number of amides is 1. The van der Waals surface area contributed by atoms with E-state index >= 15 is 0 Å². The number of ether oxygens (including phenoxy) is 2. The van der Waals surface area contributed by atoms with E-state index in [1.165, 1.54) is 0 Å². The molecule has 0 unspecified atom stereocenters. The molecule has 152 valence electrons. The summed E-state index contributed by atoms with van der Waals surface area (Å²) in [4.78, 5) is 19.1. The van der Waals surface area contributed by atoms with Gasteiger partial charge >= 0.3 is 0 Å². The van der Waals surface area contributed by atoms with Crippen LogP contribution in [0.5, 0.6) is 11.5 Å². The van der Waals surface area contributed by atoms with E-state index in [-0.39, 0.29) is 11.8 Å². The third kappa shape index (κ3) is 4.62. The third-order valence-electron chi connectivity index (χ3n) is 5.15. The highest BCUT2D eigenvalue weighted by molar-refractivity contribution is 5.79. The van der Waals surface area contributed by atoms with Crippen LogP contribution in [-0.4, -0.2) is 44.2 Å². The van der Waals surface area contributed by atoms with Crippen LogP contribution < -0.4 is 19.7 Å². The van der Waals surface area contributed by atoms with E-state index < -0.39 is 0 Å². The lowest BCUT2D eigenvalue weighted by molar-refractivity contribution is -0.125. The lowest BCUT2D eigenvalue weighted by atomic mass is 9.96. The van der Waals surface area contributed by atoms with Crippen molar-refractivity contribution in [3.05, 3.63) is 48.5 Å². The zero-order chi connectivity index (χ0) is 20.1. The van der Waals surface area contributed by atoms with E-state index in [1.807, 2.05) is 48.5 Å². The number of rotatable bonds is 7. The van der Waals surface area contributed by atoms with Gasteiger partial charge in [0.05, 0.1) is 13.7 Å². The third-order valence-corrected chi connectivity index (χ3v) is 5.15. The maximum Gasteiger partial charge on any atom is 0.298 e. The zero-order valence-corrected chi connectivity index (χ0v) is 16.5. The summed E-state index contributed by atoms with van der Waals surface area (Å²) in [6, 6.07) is 15.8. The number of nitrogens with one attached hydrogen (secondary N) is 1. The molecular weight excluding hydrogens is 370 g/mol. The highest BCUT2D eigenvalue weighted by Gasteiger charge is 2.27. The molecule has 1 aliphatic rings. The molecule has 7 heteroatoms. The first-order chi connectivity index (χ1) is 14.2.